The second kappa shape index (κ2) is 4.73. The molecule has 0 aliphatic carbocycles. The van der Waals surface area contributed by atoms with Gasteiger partial charge in [0.1, 0.15) is 17.2 Å². The van der Waals surface area contributed by atoms with Gasteiger partial charge in [-0.15, -0.1) is 0 Å². The highest BCUT2D eigenvalue weighted by Crippen LogP contribution is 2.20. The van der Waals surface area contributed by atoms with Crippen molar-refractivity contribution in [3.05, 3.63) is 59.4 Å². The number of nitrogens with one attached hydrogen (secondary N) is 1. The molecule has 100 valence electrons. The smallest absolute Gasteiger partial charge is 0.338 e. The molecule has 0 atom stereocenters. The average Bonchev–Trinajstić information content (AvgIpc) is 2.80. The van der Waals surface area contributed by atoms with E-state index in [1.165, 1.54) is 6.07 Å². The van der Waals surface area contributed by atoms with Crippen molar-refractivity contribution < 1.29 is 14.3 Å². The molecule has 1 aromatic carbocycles. The molecule has 6 heteroatoms. The van der Waals surface area contributed by atoms with Gasteiger partial charge in [0, 0.05) is 18.8 Å². The Morgan fingerprint density at radius 1 is 1.30 bits per heavy atom. The minimum absolute atomic E-state index is 0.141. The number of aromatic carboxylic acids is 1. The summed E-state index contributed by atoms with van der Waals surface area (Å²) in [4.78, 5) is 22.2. The first-order valence-corrected chi connectivity index (χ1v) is 5.94. The van der Waals surface area contributed by atoms with E-state index in [2.05, 4.69) is 15.0 Å². The predicted molar refractivity (Wildman–Crippen MR) is 70.1 cm³/mol. The largest absolute Gasteiger partial charge is 0.478 e. The number of pyridine rings is 1. The fourth-order valence-electron chi connectivity index (χ4n) is 2.07. The van der Waals surface area contributed by atoms with E-state index in [9.17, 15) is 9.18 Å². The van der Waals surface area contributed by atoms with Crippen molar-refractivity contribution in [3.8, 4) is 0 Å². The molecule has 0 saturated carbocycles. The molecular formula is C14H10FN3O2. The molecule has 2 N–H and O–H groups in total. The van der Waals surface area contributed by atoms with Crippen molar-refractivity contribution in [1.82, 2.24) is 15.0 Å². The van der Waals surface area contributed by atoms with Crippen molar-refractivity contribution in [2.75, 3.05) is 0 Å². The third kappa shape index (κ3) is 2.23. The summed E-state index contributed by atoms with van der Waals surface area (Å²) < 4.78 is 13.4. The minimum Gasteiger partial charge on any atom is -0.478 e. The van der Waals surface area contributed by atoms with Crippen LogP contribution >= 0.6 is 0 Å². The van der Waals surface area contributed by atoms with Gasteiger partial charge in [0.2, 0.25) is 0 Å². The highest BCUT2D eigenvalue weighted by atomic mass is 19.1. The number of carboxylic acid groups (broad SMARTS) is 1. The van der Waals surface area contributed by atoms with E-state index in [0.29, 0.717) is 17.8 Å². The molecule has 0 saturated heterocycles. The van der Waals surface area contributed by atoms with Crippen LogP contribution in [0.2, 0.25) is 0 Å². The monoisotopic (exact) mass is 271 g/mol. The summed E-state index contributed by atoms with van der Waals surface area (Å²) in [5.41, 5.74) is 1.49. The van der Waals surface area contributed by atoms with Crippen LogP contribution in [0, 0.1) is 5.82 Å². The van der Waals surface area contributed by atoms with Gasteiger partial charge in [-0.25, -0.2) is 14.2 Å². The average molecular weight is 271 g/mol. The van der Waals surface area contributed by atoms with E-state index in [1.807, 2.05) is 12.1 Å². The van der Waals surface area contributed by atoms with Gasteiger partial charge in [-0.3, -0.25) is 4.98 Å². The van der Waals surface area contributed by atoms with Crippen LogP contribution < -0.4 is 0 Å². The standard InChI is InChI=1S/C14H10FN3O2/c15-9-6-10(14(19)20)13-11(7-9)17-12(18-13)5-8-1-3-16-4-2-8/h1-4,6-7H,5H2,(H,17,18)(H,19,20). The lowest BCUT2D eigenvalue weighted by molar-refractivity contribution is 0.0698. The molecule has 0 aliphatic rings. The maximum Gasteiger partial charge on any atom is 0.338 e. The van der Waals surface area contributed by atoms with Crippen molar-refractivity contribution in [1.29, 1.82) is 0 Å². The number of hydrogen-bond donors (Lipinski definition) is 2. The van der Waals surface area contributed by atoms with Gasteiger partial charge >= 0.3 is 5.97 Å². The second-order valence-corrected chi connectivity index (χ2v) is 4.37. The number of benzene rings is 1. The SMILES string of the molecule is O=C(O)c1cc(F)cc2[nH]c(Cc3ccncc3)nc12. The third-order valence-electron chi connectivity index (χ3n) is 2.95. The Bertz CT molecular complexity index is 784. The lowest BCUT2D eigenvalue weighted by Gasteiger charge is -1.96. The molecule has 2 aromatic heterocycles. The maximum atomic E-state index is 13.4. The van der Waals surface area contributed by atoms with Gasteiger partial charge in [-0.2, -0.15) is 0 Å². The number of hydrogen-bond acceptors (Lipinski definition) is 3. The van der Waals surface area contributed by atoms with Crippen LogP contribution in [0.15, 0.2) is 36.7 Å². The molecule has 0 radical (unpaired) electrons. The number of fused-ring (bicyclic) bond motifs is 1. The Morgan fingerprint density at radius 3 is 2.75 bits per heavy atom. The molecule has 0 bridgehead atoms. The van der Waals surface area contributed by atoms with Crippen molar-refractivity contribution >= 4 is 17.0 Å². The van der Waals surface area contributed by atoms with Crippen LogP contribution in [-0.4, -0.2) is 26.0 Å². The van der Waals surface area contributed by atoms with Crippen LogP contribution in [0.5, 0.6) is 0 Å². The Kier molecular flexibility index (Phi) is 2.90. The van der Waals surface area contributed by atoms with E-state index in [0.717, 1.165) is 11.6 Å². The summed E-state index contributed by atoms with van der Waals surface area (Å²) in [6.45, 7) is 0. The zero-order chi connectivity index (χ0) is 14.1. The Balaban J connectivity index is 2.06. The highest BCUT2D eigenvalue weighted by molar-refractivity contribution is 6.00. The van der Waals surface area contributed by atoms with Gasteiger partial charge in [0.15, 0.2) is 0 Å². The molecule has 0 aliphatic heterocycles. The third-order valence-corrected chi connectivity index (χ3v) is 2.95. The number of carboxylic acids is 1. The first-order chi connectivity index (χ1) is 9.63. The fraction of sp³-hybridized carbons (Fsp3) is 0.0714. The molecule has 0 amide bonds. The molecule has 0 spiro atoms. The van der Waals surface area contributed by atoms with Gasteiger partial charge in [-0.1, -0.05) is 0 Å². The molecule has 0 unspecified atom stereocenters. The minimum atomic E-state index is -1.20. The first kappa shape index (κ1) is 12.3. The first-order valence-electron chi connectivity index (χ1n) is 5.94. The molecule has 3 rings (SSSR count). The number of rotatable bonds is 3. The van der Waals surface area contributed by atoms with Gasteiger partial charge in [0.05, 0.1) is 11.1 Å². The Labute approximate surface area is 113 Å². The number of imidazole rings is 1. The molecule has 20 heavy (non-hydrogen) atoms. The number of nitrogens with zero attached hydrogens (tertiary/aromatic N) is 2. The summed E-state index contributed by atoms with van der Waals surface area (Å²) >= 11 is 0. The normalized spacial score (nSPS) is 10.8. The van der Waals surface area contributed by atoms with E-state index < -0.39 is 11.8 Å². The molecule has 5 nitrogen and oxygen atoms in total. The summed E-state index contributed by atoms with van der Waals surface area (Å²) in [7, 11) is 0. The van der Waals surface area contributed by atoms with Crippen molar-refractivity contribution in [3.63, 3.8) is 0 Å². The number of halogens is 1. The number of aromatic nitrogens is 3. The summed E-state index contributed by atoms with van der Waals surface area (Å²) in [5.74, 6) is -1.22. The molecule has 0 fully saturated rings. The van der Waals surface area contributed by atoms with Gasteiger partial charge < -0.3 is 10.1 Å². The Hall–Kier alpha value is -2.76. The zero-order valence-corrected chi connectivity index (χ0v) is 10.3. The second-order valence-electron chi connectivity index (χ2n) is 4.37. The van der Waals surface area contributed by atoms with Crippen molar-refractivity contribution in [2.24, 2.45) is 0 Å². The topological polar surface area (TPSA) is 78.9 Å². The summed E-state index contributed by atoms with van der Waals surface area (Å²) in [6.07, 6.45) is 3.83. The highest BCUT2D eigenvalue weighted by Gasteiger charge is 2.15. The van der Waals surface area contributed by atoms with Crippen LogP contribution in [0.4, 0.5) is 4.39 Å². The number of carbonyl (C=O) groups is 1. The Morgan fingerprint density at radius 2 is 2.05 bits per heavy atom. The molecular weight excluding hydrogens is 261 g/mol. The quantitative estimate of drug-likeness (QED) is 0.766. The van der Waals surface area contributed by atoms with E-state index in [4.69, 9.17) is 5.11 Å². The maximum absolute atomic E-state index is 13.4. The van der Waals surface area contributed by atoms with Gasteiger partial charge in [-0.05, 0) is 29.8 Å². The lowest BCUT2D eigenvalue weighted by Crippen LogP contribution is -1.98. The van der Waals surface area contributed by atoms with Crippen LogP contribution in [0.3, 0.4) is 0 Å². The summed E-state index contributed by atoms with van der Waals surface area (Å²) in [6, 6.07) is 5.89. The van der Waals surface area contributed by atoms with Crippen LogP contribution in [-0.2, 0) is 6.42 Å². The molecule has 2 heterocycles. The molecule has 3 aromatic rings. The van der Waals surface area contributed by atoms with Gasteiger partial charge in [0.25, 0.3) is 0 Å². The summed E-state index contributed by atoms with van der Waals surface area (Å²) in [5, 5.41) is 9.08. The zero-order valence-electron chi connectivity index (χ0n) is 10.3. The van der Waals surface area contributed by atoms with Crippen LogP contribution in [0.1, 0.15) is 21.7 Å². The predicted octanol–water partition coefficient (Wildman–Crippen LogP) is 2.39. The van der Waals surface area contributed by atoms with E-state index in [1.54, 1.807) is 12.4 Å². The lowest BCUT2D eigenvalue weighted by atomic mass is 10.2. The van der Waals surface area contributed by atoms with Crippen molar-refractivity contribution in [2.45, 2.75) is 6.42 Å². The number of aromatic amines is 1. The van der Waals surface area contributed by atoms with E-state index in [-0.39, 0.29) is 11.1 Å². The van der Waals surface area contributed by atoms with E-state index >= 15 is 0 Å². The number of H-pyrrole nitrogens is 1. The van der Waals surface area contributed by atoms with Crippen LogP contribution in [0.25, 0.3) is 11.0 Å². The fourth-order valence-corrected chi connectivity index (χ4v) is 2.07.